The summed E-state index contributed by atoms with van der Waals surface area (Å²) in [5.41, 5.74) is 1.12. The van der Waals surface area contributed by atoms with Crippen LogP contribution in [-0.4, -0.2) is 56.2 Å². The molecule has 0 amide bonds. The van der Waals surface area contributed by atoms with Gasteiger partial charge in [0.1, 0.15) is 0 Å². The van der Waals surface area contributed by atoms with Crippen LogP contribution >= 0.6 is 11.3 Å². The maximum Gasteiger partial charge on any atom is 0.214 e. The van der Waals surface area contributed by atoms with Gasteiger partial charge in [0, 0.05) is 24.5 Å². The summed E-state index contributed by atoms with van der Waals surface area (Å²) in [6.45, 7) is 7.12. The van der Waals surface area contributed by atoms with Crippen molar-refractivity contribution in [2.24, 2.45) is 0 Å². The van der Waals surface area contributed by atoms with E-state index < -0.39 is 10.0 Å². The van der Waals surface area contributed by atoms with E-state index in [1.165, 1.54) is 37.2 Å². The Hall–Kier alpha value is -0.630. The van der Waals surface area contributed by atoms with Crippen molar-refractivity contribution >= 4 is 21.4 Å². The Morgan fingerprint density at radius 1 is 1.21 bits per heavy atom. The number of fused-ring (bicyclic) bond motifs is 1. The molecule has 0 aromatic carbocycles. The third-order valence-corrected chi connectivity index (χ3v) is 7.86. The molecule has 3 rings (SSSR count). The molecule has 7 heteroatoms. The Labute approximate surface area is 149 Å². The molecule has 3 heterocycles. The summed E-state index contributed by atoms with van der Waals surface area (Å²) in [5, 5.41) is 0.939. The van der Waals surface area contributed by atoms with Crippen LogP contribution in [0.25, 0.3) is 0 Å². The maximum absolute atomic E-state index is 12.0. The molecule has 1 fully saturated rings. The summed E-state index contributed by atoms with van der Waals surface area (Å²) < 4.78 is 31.6. The van der Waals surface area contributed by atoms with E-state index in [2.05, 4.69) is 4.90 Å². The lowest BCUT2D eigenvalue weighted by molar-refractivity contribution is 0.206. The van der Waals surface area contributed by atoms with Crippen molar-refractivity contribution in [2.75, 3.05) is 38.5 Å². The van der Waals surface area contributed by atoms with Crippen LogP contribution < -0.4 is 4.74 Å². The topological polar surface area (TPSA) is 49.9 Å². The van der Waals surface area contributed by atoms with E-state index in [4.69, 9.17) is 4.74 Å². The summed E-state index contributed by atoms with van der Waals surface area (Å²) in [5.74, 6) is 0.173. The van der Waals surface area contributed by atoms with Crippen LogP contribution in [0.4, 0.5) is 0 Å². The zero-order chi connectivity index (χ0) is 17.0. The Morgan fingerprint density at radius 3 is 2.75 bits per heavy atom. The molecule has 0 aliphatic carbocycles. The van der Waals surface area contributed by atoms with Crippen LogP contribution in [-0.2, 0) is 23.0 Å². The van der Waals surface area contributed by atoms with Gasteiger partial charge in [-0.1, -0.05) is 6.42 Å². The molecule has 24 heavy (non-hydrogen) atoms. The Bertz CT molecular complexity index is 636. The minimum Gasteiger partial charge on any atom is -0.484 e. The molecular formula is C17H28N2O3S2. The third kappa shape index (κ3) is 4.50. The number of ether oxygens (including phenoxy) is 1. The van der Waals surface area contributed by atoms with E-state index in [1.807, 2.05) is 6.07 Å². The molecule has 0 radical (unpaired) electrons. The van der Waals surface area contributed by atoms with Crippen LogP contribution in [0.15, 0.2) is 6.07 Å². The van der Waals surface area contributed by atoms with Crippen molar-refractivity contribution in [3.63, 3.8) is 0 Å². The first-order valence-corrected chi connectivity index (χ1v) is 11.5. The number of sulfonamides is 1. The van der Waals surface area contributed by atoms with Gasteiger partial charge in [0.05, 0.1) is 12.4 Å². The van der Waals surface area contributed by atoms with Crippen LogP contribution in [0, 0.1) is 0 Å². The van der Waals surface area contributed by atoms with E-state index in [1.54, 1.807) is 22.6 Å². The van der Waals surface area contributed by atoms with Crippen LogP contribution in [0.3, 0.4) is 0 Å². The fourth-order valence-electron chi connectivity index (χ4n) is 3.41. The molecule has 1 saturated heterocycles. The minimum atomic E-state index is -3.10. The van der Waals surface area contributed by atoms with Crippen molar-refractivity contribution in [3.05, 3.63) is 16.5 Å². The van der Waals surface area contributed by atoms with Crippen LogP contribution in [0.1, 0.15) is 43.0 Å². The Morgan fingerprint density at radius 2 is 2.00 bits per heavy atom. The smallest absolute Gasteiger partial charge is 0.214 e. The molecule has 5 nitrogen and oxygen atoms in total. The number of rotatable bonds is 7. The maximum atomic E-state index is 12.0. The Kier molecular flexibility index (Phi) is 6.18. The van der Waals surface area contributed by atoms with Crippen LogP contribution in [0.5, 0.6) is 5.06 Å². The van der Waals surface area contributed by atoms with Crippen molar-refractivity contribution < 1.29 is 13.2 Å². The predicted octanol–water partition coefficient (Wildman–Crippen LogP) is 2.71. The molecule has 1 aromatic rings. The van der Waals surface area contributed by atoms with Gasteiger partial charge in [-0.3, -0.25) is 0 Å². The quantitative estimate of drug-likeness (QED) is 0.691. The largest absolute Gasteiger partial charge is 0.484 e. The lowest BCUT2D eigenvalue weighted by Gasteiger charge is -2.26. The molecule has 2 aliphatic rings. The second-order valence-corrected chi connectivity index (χ2v) is 9.96. The van der Waals surface area contributed by atoms with E-state index >= 15 is 0 Å². The first-order valence-electron chi connectivity index (χ1n) is 9.03. The standard InChI is InChI=1S/C17H28N2O3S2/c1-2-24(20,21)19-11-7-16-15(14-19)13-17(23-16)22-12-6-10-18-8-4-3-5-9-18/h13H,2-12,14H2,1H3. The lowest BCUT2D eigenvalue weighted by atomic mass is 10.1. The molecule has 0 unspecified atom stereocenters. The highest BCUT2D eigenvalue weighted by atomic mass is 32.2. The number of nitrogens with zero attached hydrogens (tertiary/aromatic N) is 2. The molecule has 2 aliphatic heterocycles. The average molecular weight is 373 g/mol. The highest BCUT2D eigenvalue weighted by Gasteiger charge is 2.27. The summed E-state index contributed by atoms with van der Waals surface area (Å²) in [4.78, 5) is 3.81. The normalized spacial score (nSPS) is 20.0. The van der Waals surface area contributed by atoms with Gasteiger partial charge in [0.25, 0.3) is 0 Å². The van der Waals surface area contributed by atoms with Gasteiger partial charge in [-0.15, -0.1) is 11.3 Å². The number of thiophene rings is 1. The molecule has 1 aromatic heterocycles. The van der Waals surface area contributed by atoms with Crippen molar-refractivity contribution in [1.29, 1.82) is 0 Å². The first-order chi connectivity index (χ1) is 11.6. The summed E-state index contributed by atoms with van der Waals surface area (Å²) in [7, 11) is -3.10. The number of hydrogen-bond donors (Lipinski definition) is 0. The zero-order valence-corrected chi connectivity index (χ0v) is 16.1. The summed E-state index contributed by atoms with van der Waals surface area (Å²) in [6.07, 6.45) is 5.89. The van der Waals surface area contributed by atoms with Gasteiger partial charge >= 0.3 is 0 Å². The highest BCUT2D eigenvalue weighted by Crippen LogP contribution is 2.34. The second kappa shape index (κ2) is 8.17. The number of piperidine rings is 1. The third-order valence-electron chi connectivity index (χ3n) is 4.88. The van der Waals surface area contributed by atoms with Gasteiger partial charge in [-0.25, -0.2) is 8.42 Å². The fraction of sp³-hybridized carbons (Fsp3) is 0.765. The average Bonchev–Trinajstić information content (AvgIpc) is 3.01. The van der Waals surface area contributed by atoms with Gasteiger partial charge in [-0.05, 0) is 57.3 Å². The van der Waals surface area contributed by atoms with Crippen molar-refractivity contribution in [1.82, 2.24) is 9.21 Å². The monoisotopic (exact) mass is 372 g/mol. The summed E-state index contributed by atoms with van der Waals surface area (Å²) >= 11 is 1.68. The van der Waals surface area contributed by atoms with E-state index in [0.717, 1.165) is 36.6 Å². The predicted molar refractivity (Wildman–Crippen MR) is 98.3 cm³/mol. The Balaban J connectivity index is 1.47. The zero-order valence-electron chi connectivity index (χ0n) is 14.5. The lowest BCUT2D eigenvalue weighted by Crippen LogP contribution is -2.36. The highest BCUT2D eigenvalue weighted by molar-refractivity contribution is 7.89. The first kappa shape index (κ1) is 18.2. The van der Waals surface area contributed by atoms with Crippen molar-refractivity contribution in [2.45, 2.75) is 45.6 Å². The van der Waals surface area contributed by atoms with Gasteiger partial charge in [0.15, 0.2) is 5.06 Å². The van der Waals surface area contributed by atoms with Crippen molar-refractivity contribution in [3.8, 4) is 5.06 Å². The van der Waals surface area contributed by atoms with E-state index in [9.17, 15) is 8.42 Å². The molecule has 0 spiro atoms. The van der Waals surface area contributed by atoms with Gasteiger partial charge in [-0.2, -0.15) is 4.31 Å². The van der Waals surface area contributed by atoms with E-state index in [0.29, 0.717) is 13.1 Å². The fourth-order valence-corrected chi connectivity index (χ4v) is 5.52. The molecule has 136 valence electrons. The molecule has 0 saturated carbocycles. The molecular weight excluding hydrogens is 344 g/mol. The van der Waals surface area contributed by atoms with Crippen LogP contribution in [0.2, 0.25) is 0 Å². The SMILES string of the molecule is CCS(=O)(=O)N1CCc2sc(OCCCN3CCCCC3)cc2C1. The number of likely N-dealkylation sites (tertiary alicyclic amines) is 1. The van der Waals surface area contributed by atoms with Gasteiger partial charge < -0.3 is 9.64 Å². The minimum absolute atomic E-state index is 0.173. The second-order valence-electron chi connectivity index (χ2n) is 6.60. The van der Waals surface area contributed by atoms with Gasteiger partial charge in [0.2, 0.25) is 10.0 Å². The molecule has 0 atom stereocenters. The molecule has 0 N–H and O–H groups in total. The van der Waals surface area contributed by atoms with E-state index in [-0.39, 0.29) is 5.75 Å². The summed E-state index contributed by atoms with van der Waals surface area (Å²) in [6, 6.07) is 2.04. The number of hydrogen-bond acceptors (Lipinski definition) is 5. The molecule has 0 bridgehead atoms.